The van der Waals surface area contributed by atoms with Crippen LogP contribution in [0.15, 0.2) is 122 Å². The van der Waals surface area contributed by atoms with Crippen LogP contribution in [0.4, 0.5) is 110 Å². The van der Waals surface area contributed by atoms with Crippen molar-refractivity contribution in [2.24, 2.45) is 0 Å². The Hall–Kier alpha value is -6.51. The number of hydrogen-bond acceptors (Lipinski definition) is 1. The van der Waals surface area contributed by atoms with Crippen LogP contribution < -0.4 is 26.4 Å². The molecule has 0 saturated heterocycles. The molecule has 0 saturated carbocycles. The van der Waals surface area contributed by atoms with Crippen LogP contribution in [0.2, 0.25) is 0 Å². The predicted molar refractivity (Wildman–Crippen MR) is 200 cm³/mol. The second kappa shape index (κ2) is 18.9. The van der Waals surface area contributed by atoms with Gasteiger partial charge in [0.25, 0.3) is 5.95 Å². The molecule has 71 heavy (non-hydrogen) atoms. The fraction of sp³-hybridized carbons (Fsp3) is 0.209. The zero-order chi connectivity index (χ0) is 53.7. The van der Waals surface area contributed by atoms with Crippen LogP contribution in [0.25, 0.3) is 0 Å². The lowest BCUT2D eigenvalue weighted by Crippen LogP contribution is -2.75. The Labute approximate surface area is 380 Å². The lowest BCUT2D eigenvalue weighted by Gasteiger charge is -2.46. The average Bonchev–Trinajstić information content (AvgIpc) is 3.22. The van der Waals surface area contributed by atoms with Gasteiger partial charge in [-0.25, -0.2) is 4.98 Å². The van der Waals surface area contributed by atoms with E-state index in [9.17, 15) is 110 Å². The summed E-state index contributed by atoms with van der Waals surface area (Å²) in [5.74, 6) is -0.455. The minimum atomic E-state index is -6.13. The molecule has 0 bridgehead atoms. The third-order valence-electron chi connectivity index (χ3n) is 10.4. The number of hydrogen-bond donors (Lipinski definition) is 0. The third kappa shape index (κ3) is 13.1. The molecule has 0 N–H and O–H groups in total. The zero-order valence-corrected chi connectivity index (χ0v) is 34.2. The molecule has 0 atom stereocenters. The summed E-state index contributed by atoms with van der Waals surface area (Å²) in [4.78, 5) is 3.49. The summed E-state index contributed by atoms with van der Waals surface area (Å²) in [6.45, 7) is 0.667. The van der Waals surface area contributed by atoms with E-state index >= 15 is 0 Å². The normalized spacial score (nSPS) is 13.5. The first-order chi connectivity index (χ1) is 32.1. The summed E-state index contributed by atoms with van der Waals surface area (Å²) in [5.41, 5.74) is -29.1. The van der Waals surface area contributed by atoms with Gasteiger partial charge in [0.1, 0.15) is 6.15 Å². The van der Waals surface area contributed by atoms with Crippen molar-refractivity contribution in [1.82, 2.24) is 4.98 Å². The zero-order valence-electron chi connectivity index (χ0n) is 34.2. The van der Waals surface area contributed by atoms with Gasteiger partial charge in [-0.05, 0) is 24.3 Å². The van der Waals surface area contributed by atoms with Crippen LogP contribution >= 0.6 is 0 Å². The number of aromatic nitrogens is 2. The number of rotatable bonds is 6. The largest absolute Gasteiger partial charge is 0.416 e. The second-order valence-corrected chi connectivity index (χ2v) is 15.3. The van der Waals surface area contributed by atoms with Crippen LogP contribution in [0.3, 0.4) is 0 Å². The molecule has 0 fully saturated rings. The molecule has 1 heterocycles. The summed E-state index contributed by atoms with van der Waals surface area (Å²) in [6.07, 6.45) is -50.2. The fourth-order valence-corrected chi connectivity index (χ4v) is 7.37. The first-order valence-electron chi connectivity index (χ1n) is 19.0. The number of benzene rings is 5. The van der Waals surface area contributed by atoms with Gasteiger partial charge in [-0.2, -0.15) is 136 Å². The Morgan fingerprint density at radius 1 is 0.352 bits per heavy atom. The lowest BCUT2D eigenvalue weighted by molar-refractivity contribution is -0.690. The molecule has 0 aliphatic rings. The maximum atomic E-state index is 14.2. The molecule has 382 valence electrons. The van der Waals surface area contributed by atoms with Gasteiger partial charge in [0.05, 0.1) is 50.7 Å². The molecule has 0 aliphatic carbocycles. The summed E-state index contributed by atoms with van der Waals surface area (Å²) in [6, 6.07) is 1.09. The van der Waals surface area contributed by atoms with E-state index in [1.165, 1.54) is 12.4 Å². The van der Waals surface area contributed by atoms with Crippen molar-refractivity contribution in [3.05, 3.63) is 178 Å². The molecule has 0 unspecified atom stereocenters. The highest BCUT2D eigenvalue weighted by Crippen LogP contribution is 2.41. The quantitative estimate of drug-likeness (QED) is 0.0923. The molecule has 6 rings (SSSR count). The standard InChI is InChI=1S/C32H12BF24.C11H10FN2/c34-25(35,36)13-1-14(26(37,38)39)6-21(5-13)33(22-7-15(27(40,41)42)2-16(8-22)28(43,44)45,23-9-17(29(46,47)48)3-18(10-23)30(49,50)51)24-11-19(31(52,53)54)4-20(12-24)32(55,56)57;12-11-9-14(7-6-13-11)8-10-4-2-1-3-5-10/h1-12H;1-7,9H,8H2/q-1;+1. The topological polar surface area (TPSA) is 16.8 Å². The number of nitrogens with zero attached hydrogens (tertiary/aromatic N) is 2. The molecule has 0 amide bonds. The molecule has 2 nitrogen and oxygen atoms in total. The minimum Gasteiger partial charge on any atom is -0.217 e. The van der Waals surface area contributed by atoms with E-state index in [4.69, 9.17) is 0 Å². The highest BCUT2D eigenvalue weighted by Gasteiger charge is 2.47. The van der Waals surface area contributed by atoms with E-state index in [2.05, 4.69) is 4.98 Å². The molecule has 0 aliphatic heterocycles. The van der Waals surface area contributed by atoms with E-state index in [-0.39, 0.29) is 0 Å². The van der Waals surface area contributed by atoms with Crippen molar-refractivity contribution < 1.29 is 114 Å². The summed E-state index contributed by atoms with van der Waals surface area (Å²) >= 11 is 0. The van der Waals surface area contributed by atoms with Crippen LogP contribution in [0.1, 0.15) is 50.1 Å². The maximum absolute atomic E-state index is 14.2. The molecule has 28 heteroatoms. The molecule has 0 radical (unpaired) electrons. The van der Waals surface area contributed by atoms with Crippen molar-refractivity contribution >= 4 is 28.0 Å². The van der Waals surface area contributed by atoms with Crippen molar-refractivity contribution in [2.75, 3.05) is 0 Å². The van der Waals surface area contributed by atoms with Gasteiger partial charge in [0.2, 0.25) is 6.20 Å². The first-order valence-corrected chi connectivity index (χ1v) is 19.0. The summed E-state index contributed by atoms with van der Waals surface area (Å²) in [7, 11) is 0. The molecule has 6 aromatic rings. The van der Waals surface area contributed by atoms with Gasteiger partial charge in [0, 0.05) is 5.56 Å². The maximum Gasteiger partial charge on any atom is 0.416 e. The van der Waals surface area contributed by atoms with Crippen molar-refractivity contribution in [3.63, 3.8) is 0 Å². The van der Waals surface area contributed by atoms with Crippen LogP contribution in [-0.2, 0) is 56.0 Å². The highest BCUT2D eigenvalue weighted by atomic mass is 19.4. The summed E-state index contributed by atoms with van der Waals surface area (Å²) in [5, 5.41) is 0. The van der Waals surface area contributed by atoms with E-state index in [1.807, 2.05) is 30.3 Å². The van der Waals surface area contributed by atoms with E-state index < -0.39 is 201 Å². The number of alkyl halides is 24. The van der Waals surface area contributed by atoms with E-state index in [1.54, 1.807) is 10.8 Å². The highest BCUT2D eigenvalue weighted by molar-refractivity contribution is 7.20. The van der Waals surface area contributed by atoms with Gasteiger partial charge in [0.15, 0.2) is 12.7 Å². The van der Waals surface area contributed by atoms with Crippen LogP contribution in [-0.4, -0.2) is 11.1 Å². The Kier molecular flexibility index (Phi) is 14.8. The first kappa shape index (κ1) is 55.4. The van der Waals surface area contributed by atoms with Gasteiger partial charge in [-0.3, -0.25) is 0 Å². The number of halogens is 25. The monoisotopic (exact) mass is 1050 g/mol. The molecule has 1 aromatic heterocycles. The van der Waals surface area contributed by atoms with Gasteiger partial charge < -0.3 is 0 Å². The SMILES string of the molecule is FC(F)(F)c1cc([B-](c2cc(C(F)(F)F)cc(C(F)(F)F)c2)(c2cc(C(F)(F)F)cc(C(F)(F)F)c2)c2cc(C(F)(F)F)cc(C(F)(F)F)c2)cc(C(F)(F)F)c1.Fc1c[n+](Cc2ccccc2)ccn1. The molecule has 0 spiro atoms. The van der Waals surface area contributed by atoms with Crippen LogP contribution in [0, 0.1) is 5.95 Å². The Balaban J connectivity index is 0.000000569. The van der Waals surface area contributed by atoms with Gasteiger partial charge >= 0.3 is 49.4 Å². The fourth-order valence-electron chi connectivity index (χ4n) is 7.37. The molecular formula is C43H22BF25N2. The average molecular weight is 1050 g/mol. The molecule has 5 aromatic carbocycles. The van der Waals surface area contributed by atoms with Crippen molar-refractivity contribution in [1.29, 1.82) is 0 Å². The second-order valence-electron chi connectivity index (χ2n) is 15.3. The van der Waals surface area contributed by atoms with E-state index in [0.29, 0.717) is 6.54 Å². The Bertz CT molecular complexity index is 2410. The Morgan fingerprint density at radius 2 is 0.592 bits per heavy atom. The van der Waals surface area contributed by atoms with E-state index in [0.717, 1.165) is 5.56 Å². The predicted octanol–water partition coefficient (Wildman–Crippen LogP) is 12.8. The van der Waals surface area contributed by atoms with Gasteiger partial charge in [-0.15, -0.1) is 0 Å². The lowest BCUT2D eigenvalue weighted by atomic mass is 9.12. The smallest absolute Gasteiger partial charge is 0.217 e. The van der Waals surface area contributed by atoms with Crippen molar-refractivity contribution in [3.8, 4) is 0 Å². The summed E-state index contributed by atoms with van der Waals surface area (Å²) < 4.78 is 355. The van der Waals surface area contributed by atoms with Gasteiger partial charge in [-0.1, -0.05) is 78.9 Å². The van der Waals surface area contributed by atoms with Crippen molar-refractivity contribution in [2.45, 2.75) is 56.0 Å². The molecular weight excluding hydrogens is 1030 g/mol. The Morgan fingerprint density at radius 3 is 0.803 bits per heavy atom. The minimum absolute atomic E-state index is 0.455. The van der Waals surface area contributed by atoms with Crippen LogP contribution in [0.5, 0.6) is 0 Å². The third-order valence-corrected chi connectivity index (χ3v) is 10.4.